The van der Waals surface area contributed by atoms with E-state index in [1.807, 2.05) is 0 Å². The van der Waals surface area contributed by atoms with E-state index in [1.165, 1.54) is 16.8 Å². The van der Waals surface area contributed by atoms with Crippen molar-refractivity contribution in [2.24, 2.45) is 5.73 Å². The molecule has 0 saturated heterocycles. The zero-order valence-corrected chi connectivity index (χ0v) is 8.43. The molecule has 0 heterocycles. The molecular formula is C11H18N2. The van der Waals surface area contributed by atoms with Crippen LogP contribution in [0.1, 0.15) is 17.5 Å². The number of aryl methyl sites for hydroxylation is 2. The second-order valence-corrected chi connectivity index (χ2v) is 3.34. The van der Waals surface area contributed by atoms with Gasteiger partial charge in [-0.25, -0.2) is 0 Å². The van der Waals surface area contributed by atoms with Gasteiger partial charge in [-0.1, -0.05) is 18.2 Å². The van der Waals surface area contributed by atoms with Crippen molar-refractivity contribution >= 4 is 5.69 Å². The van der Waals surface area contributed by atoms with E-state index in [2.05, 4.69) is 37.4 Å². The van der Waals surface area contributed by atoms with E-state index in [-0.39, 0.29) is 0 Å². The van der Waals surface area contributed by atoms with Crippen molar-refractivity contribution in [3.8, 4) is 0 Å². The van der Waals surface area contributed by atoms with Gasteiger partial charge in [0.05, 0.1) is 0 Å². The van der Waals surface area contributed by atoms with Gasteiger partial charge in [-0.15, -0.1) is 0 Å². The van der Waals surface area contributed by atoms with Crippen LogP contribution in [0.25, 0.3) is 0 Å². The molecule has 0 bridgehead atoms. The van der Waals surface area contributed by atoms with E-state index in [4.69, 9.17) is 5.73 Å². The number of hydrogen-bond acceptors (Lipinski definition) is 2. The topological polar surface area (TPSA) is 38.0 Å². The van der Waals surface area contributed by atoms with Gasteiger partial charge in [-0.05, 0) is 37.9 Å². The minimum Gasteiger partial charge on any atom is -0.385 e. The van der Waals surface area contributed by atoms with Crippen molar-refractivity contribution in [1.29, 1.82) is 0 Å². The Hall–Kier alpha value is -1.02. The molecule has 0 aliphatic carbocycles. The van der Waals surface area contributed by atoms with Crippen LogP contribution in [0, 0.1) is 13.8 Å². The minimum absolute atomic E-state index is 0.748. The van der Waals surface area contributed by atoms with Crippen molar-refractivity contribution in [1.82, 2.24) is 0 Å². The van der Waals surface area contributed by atoms with Crippen LogP contribution in [0.3, 0.4) is 0 Å². The maximum atomic E-state index is 5.43. The van der Waals surface area contributed by atoms with E-state index < -0.39 is 0 Å². The maximum absolute atomic E-state index is 5.43. The van der Waals surface area contributed by atoms with E-state index in [0.717, 1.165) is 19.5 Å². The maximum Gasteiger partial charge on any atom is 0.0399 e. The predicted octanol–water partition coefficient (Wildman–Crippen LogP) is 2.06. The lowest BCUT2D eigenvalue weighted by Gasteiger charge is -2.11. The average Bonchev–Trinajstić information content (AvgIpc) is 2.10. The number of benzene rings is 1. The highest BCUT2D eigenvalue weighted by atomic mass is 14.9. The molecule has 72 valence electrons. The third-order valence-corrected chi connectivity index (χ3v) is 2.16. The van der Waals surface area contributed by atoms with Gasteiger partial charge >= 0.3 is 0 Å². The first-order chi connectivity index (χ1) is 6.25. The van der Waals surface area contributed by atoms with Crippen LogP contribution in [-0.2, 0) is 0 Å². The predicted molar refractivity (Wildman–Crippen MR) is 58.1 cm³/mol. The van der Waals surface area contributed by atoms with Crippen LogP contribution in [0.4, 0.5) is 5.69 Å². The molecule has 0 aromatic heterocycles. The lowest BCUT2D eigenvalue weighted by Crippen LogP contribution is -2.09. The van der Waals surface area contributed by atoms with Crippen LogP contribution in [0.2, 0.25) is 0 Å². The van der Waals surface area contributed by atoms with Gasteiger partial charge in [0.25, 0.3) is 0 Å². The molecule has 0 spiro atoms. The van der Waals surface area contributed by atoms with Gasteiger partial charge in [-0.2, -0.15) is 0 Å². The van der Waals surface area contributed by atoms with E-state index in [0.29, 0.717) is 0 Å². The zero-order valence-electron chi connectivity index (χ0n) is 8.43. The third-order valence-electron chi connectivity index (χ3n) is 2.16. The highest BCUT2D eigenvalue weighted by molar-refractivity contribution is 5.56. The molecule has 0 fully saturated rings. The summed E-state index contributed by atoms with van der Waals surface area (Å²) in [6.07, 6.45) is 1.02. The summed E-state index contributed by atoms with van der Waals surface area (Å²) in [5.74, 6) is 0. The average molecular weight is 178 g/mol. The molecule has 1 aromatic carbocycles. The minimum atomic E-state index is 0.748. The quantitative estimate of drug-likeness (QED) is 0.693. The van der Waals surface area contributed by atoms with E-state index in [1.54, 1.807) is 0 Å². The molecular weight excluding hydrogens is 160 g/mol. The number of anilines is 1. The first-order valence-electron chi connectivity index (χ1n) is 4.76. The number of hydrogen-bond donors (Lipinski definition) is 2. The second-order valence-electron chi connectivity index (χ2n) is 3.34. The first kappa shape index (κ1) is 10.1. The van der Waals surface area contributed by atoms with Crippen molar-refractivity contribution in [2.45, 2.75) is 20.3 Å². The number of rotatable bonds is 4. The summed E-state index contributed by atoms with van der Waals surface area (Å²) < 4.78 is 0. The van der Waals surface area contributed by atoms with E-state index >= 15 is 0 Å². The highest BCUT2D eigenvalue weighted by Gasteiger charge is 1.99. The molecule has 0 amide bonds. The normalized spacial score (nSPS) is 10.1. The molecule has 0 aliphatic heterocycles. The summed E-state index contributed by atoms with van der Waals surface area (Å²) in [6, 6.07) is 6.33. The summed E-state index contributed by atoms with van der Waals surface area (Å²) in [5.41, 5.74) is 9.29. The molecule has 0 unspecified atom stereocenters. The van der Waals surface area contributed by atoms with Crippen LogP contribution < -0.4 is 11.1 Å². The Balaban J connectivity index is 2.64. The number of nitrogens with one attached hydrogen (secondary N) is 1. The molecule has 0 saturated carbocycles. The Morgan fingerprint density at radius 1 is 1.23 bits per heavy atom. The van der Waals surface area contributed by atoms with Gasteiger partial charge < -0.3 is 11.1 Å². The van der Waals surface area contributed by atoms with Crippen molar-refractivity contribution in [3.05, 3.63) is 29.3 Å². The Bertz CT molecular complexity index is 249. The van der Waals surface area contributed by atoms with E-state index in [9.17, 15) is 0 Å². The number of nitrogens with two attached hydrogens (primary N) is 1. The fourth-order valence-corrected chi connectivity index (χ4v) is 1.41. The van der Waals surface area contributed by atoms with Crippen molar-refractivity contribution in [2.75, 3.05) is 18.4 Å². The summed E-state index contributed by atoms with van der Waals surface area (Å²) in [6.45, 7) is 5.95. The summed E-state index contributed by atoms with van der Waals surface area (Å²) in [4.78, 5) is 0. The molecule has 1 rings (SSSR count). The largest absolute Gasteiger partial charge is 0.385 e. The molecule has 2 nitrogen and oxygen atoms in total. The van der Waals surface area contributed by atoms with Gasteiger partial charge in [0.1, 0.15) is 0 Å². The highest BCUT2D eigenvalue weighted by Crippen LogP contribution is 2.18. The Kier molecular flexibility index (Phi) is 3.77. The SMILES string of the molecule is Cc1cccc(C)c1NCCCN. The molecule has 13 heavy (non-hydrogen) atoms. The molecule has 0 aliphatic rings. The summed E-state index contributed by atoms with van der Waals surface area (Å²) in [5, 5.41) is 3.40. The van der Waals surface area contributed by atoms with Crippen LogP contribution in [0.5, 0.6) is 0 Å². The van der Waals surface area contributed by atoms with Gasteiger partial charge in [0.2, 0.25) is 0 Å². The molecule has 1 aromatic rings. The fraction of sp³-hybridized carbons (Fsp3) is 0.455. The Morgan fingerprint density at radius 2 is 1.85 bits per heavy atom. The molecule has 2 heteroatoms. The smallest absolute Gasteiger partial charge is 0.0399 e. The van der Waals surface area contributed by atoms with Crippen LogP contribution in [-0.4, -0.2) is 13.1 Å². The Morgan fingerprint density at radius 3 is 2.38 bits per heavy atom. The third kappa shape index (κ3) is 2.74. The molecule has 0 atom stereocenters. The van der Waals surface area contributed by atoms with Crippen molar-refractivity contribution < 1.29 is 0 Å². The van der Waals surface area contributed by atoms with Gasteiger partial charge in [0.15, 0.2) is 0 Å². The fourth-order valence-electron chi connectivity index (χ4n) is 1.41. The van der Waals surface area contributed by atoms with Gasteiger partial charge in [-0.3, -0.25) is 0 Å². The second kappa shape index (κ2) is 4.87. The molecule has 3 N–H and O–H groups in total. The molecule has 0 radical (unpaired) electrons. The summed E-state index contributed by atoms with van der Waals surface area (Å²) in [7, 11) is 0. The standard InChI is InChI=1S/C11H18N2/c1-9-5-3-6-10(2)11(9)13-8-4-7-12/h3,5-6,13H,4,7-8,12H2,1-2H3. The van der Waals surface area contributed by atoms with Gasteiger partial charge in [0, 0.05) is 12.2 Å². The first-order valence-corrected chi connectivity index (χ1v) is 4.76. The van der Waals surface area contributed by atoms with Crippen LogP contribution in [0.15, 0.2) is 18.2 Å². The van der Waals surface area contributed by atoms with Crippen LogP contribution >= 0.6 is 0 Å². The number of para-hydroxylation sites is 1. The summed E-state index contributed by atoms with van der Waals surface area (Å²) >= 11 is 0. The lowest BCUT2D eigenvalue weighted by molar-refractivity contribution is 0.872. The lowest BCUT2D eigenvalue weighted by atomic mass is 10.1. The monoisotopic (exact) mass is 178 g/mol. The van der Waals surface area contributed by atoms with Crippen molar-refractivity contribution in [3.63, 3.8) is 0 Å². The zero-order chi connectivity index (χ0) is 9.68. The Labute approximate surface area is 80.1 Å².